The van der Waals surface area contributed by atoms with Gasteiger partial charge in [0.05, 0.1) is 6.04 Å². The Bertz CT molecular complexity index is 561. The molecule has 0 saturated heterocycles. The Morgan fingerprint density at radius 1 is 1.25 bits per heavy atom. The van der Waals surface area contributed by atoms with Crippen LogP contribution in [0.3, 0.4) is 0 Å². The van der Waals surface area contributed by atoms with Gasteiger partial charge in [-0.05, 0) is 18.4 Å². The zero-order chi connectivity index (χ0) is 13.9. The van der Waals surface area contributed by atoms with Gasteiger partial charge in [0.2, 0.25) is 0 Å². The van der Waals surface area contributed by atoms with Gasteiger partial charge in [-0.2, -0.15) is 0 Å². The zero-order valence-corrected chi connectivity index (χ0v) is 12.2. The first-order valence-electron chi connectivity index (χ1n) is 7.56. The molecular weight excluding hydrogens is 248 g/mol. The highest BCUT2D eigenvalue weighted by atomic mass is 15.3. The summed E-state index contributed by atoms with van der Waals surface area (Å²) in [5, 5.41) is 12.5. The molecular formula is C16H22N4. The molecule has 2 aromatic rings. The second kappa shape index (κ2) is 5.75. The van der Waals surface area contributed by atoms with E-state index in [9.17, 15) is 0 Å². The second-order valence-electron chi connectivity index (χ2n) is 5.35. The van der Waals surface area contributed by atoms with Gasteiger partial charge >= 0.3 is 0 Å². The van der Waals surface area contributed by atoms with E-state index < -0.39 is 0 Å². The minimum Gasteiger partial charge on any atom is -0.312 e. The molecule has 1 aromatic carbocycles. The molecule has 4 nitrogen and oxygen atoms in total. The van der Waals surface area contributed by atoms with Gasteiger partial charge in [0.1, 0.15) is 11.6 Å². The van der Waals surface area contributed by atoms with E-state index in [-0.39, 0.29) is 0 Å². The summed E-state index contributed by atoms with van der Waals surface area (Å²) >= 11 is 0. The van der Waals surface area contributed by atoms with Crippen molar-refractivity contribution < 1.29 is 0 Å². The van der Waals surface area contributed by atoms with Crippen molar-refractivity contribution in [2.75, 3.05) is 6.54 Å². The Morgan fingerprint density at radius 2 is 2.05 bits per heavy atom. The predicted molar refractivity (Wildman–Crippen MR) is 79.6 cm³/mol. The molecule has 1 aliphatic heterocycles. The predicted octanol–water partition coefficient (Wildman–Crippen LogP) is 2.87. The van der Waals surface area contributed by atoms with Crippen LogP contribution in [0.25, 0.3) is 0 Å². The van der Waals surface area contributed by atoms with Crippen molar-refractivity contribution in [2.24, 2.45) is 0 Å². The molecule has 0 bridgehead atoms. The van der Waals surface area contributed by atoms with Crippen LogP contribution in [-0.2, 0) is 6.54 Å². The minimum atomic E-state index is 0.341. The van der Waals surface area contributed by atoms with Crippen LogP contribution in [0.2, 0.25) is 0 Å². The highest BCUT2D eigenvalue weighted by Gasteiger charge is 2.27. The third-order valence-corrected chi connectivity index (χ3v) is 4.18. The summed E-state index contributed by atoms with van der Waals surface area (Å²) in [5.41, 5.74) is 1.33. The Balaban J connectivity index is 2.00. The molecule has 0 spiro atoms. The van der Waals surface area contributed by atoms with E-state index in [1.165, 1.54) is 5.56 Å². The minimum absolute atomic E-state index is 0.341. The number of fused-ring (bicyclic) bond motifs is 1. The van der Waals surface area contributed by atoms with Crippen LogP contribution in [-0.4, -0.2) is 21.3 Å². The first-order valence-corrected chi connectivity index (χ1v) is 7.56. The zero-order valence-electron chi connectivity index (χ0n) is 12.2. The fraction of sp³-hybridized carbons (Fsp3) is 0.500. The lowest BCUT2D eigenvalue weighted by molar-refractivity contribution is 0.397. The summed E-state index contributed by atoms with van der Waals surface area (Å²) < 4.78 is 2.33. The Morgan fingerprint density at radius 3 is 2.75 bits per heavy atom. The van der Waals surface area contributed by atoms with E-state index >= 15 is 0 Å². The number of nitrogens with zero attached hydrogens (tertiary/aromatic N) is 3. The smallest absolute Gasteiger partial charge is 0.150 e. The van der Waals surface area contributed by atoms with Crippen molar-refractivity contribution in [1.29, 1.82) is 0 Å². The van der Waals surface area contributed by atoms with Crippen LogP contribution >= 0.6 is 0 Å². The van der Waals surface area contributed by atoms with Crippen molar-refractivity contribution >= 4 is 0 Å². The van der Waals surface area contributed by atoms with E-state index in [1.807, 2.05) is 0 Å². The molecule has 106 valence electrons. The summed E-state index contributed by atoms with van der Waals surface area (Å²) in [6.07, 6.45) is 2.10. The number of benzene rings is 1. The molecule has 1 N–H and O–H groups in total. The molecule has 4 heteroatoms. The normalized spacial score (nSPS) is 19.6. The van der Waals surface area contributed by atoms with E-state index in [1.54, 1.807) is 0 Å². The van der Waals surface area contributed by atoms with Gasteiger partial charge in [0.15, 0.2) is 0 Å². The van der Waals surface area contributed by atoms with Crippen LogP contribution in [0.1, 0.15) is 55.9 Å². The first-order chi connectivity index (χ1) is 9.85. The topological polar surface area (TPSA) is 42.7 Å². The number of rotatable bonds is 4. The summed E-state index contributed by atoms with van der Waals surface area (Å²) in [5.74, 6) is 2.56. The van der Waals surface area contributed by atoms with E-state index in [4.69, 9.17) is 0 Å². The molecule has 1 aliphatic rings. The Kier molecular flexibility index (Phi) is 3.83. The fourth-order valence-electron chi connectivity index (χ4n) is 3.09. The maximum Gasteiger partial charge on any atom is 0.150 e. The average molecular weight is 270 g/mol. The van der Waals surface area contributed by atoms with Crippen LogP contribution < -0.4 is 5.32 Å². The molecule has 0 aliphatic carbocycles. The summed E-state index contributed by atoms with van der Waals surface area (Å²) in [6.45, 7) is 6.38. The third kappa shape index (κ3) is 2.24. The maximum absolute atomic E-state index is 4.52. The van der Waals surface area contributed by atoms with Crippen LogP contribution in [0, 0.1) is 0 Å². The molecule has 2 atom stereocenters. The van der Waals surface area contributed by atoms with E-state index in [0.29, 0.717) is 12.0 Å². The Labute approximate surface area is 120 Å². The largest absolute Gasteiger partial charge is 0.312 e. The van der Waals surface area contributed by atoms with Crippen LogP contribution in [0.5, 0.6) is 0 Å². The molecule has 0 fully saturated rings. The summed E-state index contributed by atoms with van der Waals surface area (Å²) in [6, 6.07) is 11.0. The van der Waals surface area contributed by atoms with Crippen molar-refractivity contribution in [3.05, 3.63) is 47.5 Å². The van der Waals surface area contributed by atoms with Crippen molar-refractivity contribution in [2.45, 2.75) is 45.2 Å². The average Bonchev–Trinajstić information content (AvgIpc) is 2.93. The lowest BCUT2D eigenvalue weighted by Crippen LogP contribution is -2.34. The molecule has 20 heavy (non-hydrogen) atoms. The Hall–Kier alpha value is -1.68. The molecule has 2 unspecified atom stereocenters. The lowest BCUT2D eigenvalue weighted by Gasteiger charge is -2.25. The third-order valence-electron chi connectivity index (χ3n) is 4.18. The second-order valence-corrected chi connectivity index (χ2v) is 5.35. The molecule has 3 rings (SSSR count). The highest BCUT2D eigenvalue weighted by Crippen LogP contribution is 2.29. The van der Waals surface area contributed by atoms with Gasteiger partial charge < -0.3 is 9.88 Å². The van der Waals surface area contributed by atoms with Gasteiger partial charge in [0.25, 0.3) is 0 Å². The van der Waals surface area contributed by atoms with Gasteiger partial charge in [-0.3, -0.25) is 0 Å². The van der Waals surface area contributed by atoms with Gasteiger partial charge in [0, 0.05) is 19.0 Å². The SMILES string of the molecule is CCC1NCCn2c1nnc2C(CC)c1ccccc1. The van der Waals surface area contributed by atoms with Crippen molar-refractivity contribution in [3.8, 4) is 0 Å². The van der Waals surface area contributed by atoms with Crippen LogP contribution in [0.4, 0.5) is 0 Å². The maximum atomic E-state index is 4.52. The number of nitrogens with one attached hydrogen (secondary N) is 1. The summed E-state index contributed by atoms with van der Waals surface area (Å²) in [7, 11) is 0. The van der Waals surface area contributed by atoms with Gasteiger partial charge in [-0.15, -0.1) is 10.2 Å². The highest BCUT2D eigenvalue weighted by molar-refractivity contribution is 5.26. The van der Waals surface area contributed by atoms with E-state index in [0.717, 1.165) is 37.6 Å². The van der Waals surface area contributed by atoms with E-state index in [2.05, 4.69) is 64.3 Å². The van der Waals surface area contributed by atoms with Gasteiger partial charge in [-0.1, -0.05) is 44.2 Å². The van der Waals surface area contributed by atoms with Crippen molar-refractivity contribution in [1.82, 2.24) is 20.1 Å². The fourth-order valence-corrected chi connectivity index (χ4v) is 3.09. The number of aromatic nitrogens is 3. The molecule has 2 heterocycles. The monoisotopic (exact) mass is 270 g/mol. The van der Waals surface area contributed by atoms with Crippen LogP contribution in [0.15, 0.2) is 30.3 Å². The number of hydrogen-bond acceptors (Lipinski definition) is 3. The lowest BCUT2D eigenvalue weighted by atomic mass is 9.95. The quantitative estimate of drug-likeness (QED) is 0.929. The standard InChI is InChI=1S/C16H22N4/c1-3-13(12-8-6-5-7-9-12)15-18-19-16-14(4-2)17-10-11-20(15)16/h5-9,13-14,17H,3-4,10-11H2,1-2H3. The molecule has 0 radical (unpaired) electrons. The molecule has 0 saturated carbocycles. The number of hydrogen-bond donors (Lipinski definition) is 1. The summed E-state index contributed by atoms with van der Waals surface area (Å²) in [4.78, 5) is 0. The first kappa shape index (κ1) is 13.3. The van der Waals surface area contributed by atoms with Gasteiger partial charge in [-0.25, -0.2) is 0 Å². The molecule has 1 aromatic heterocycles. The molecule has 0 amide bonds. The van der Waals surface area contributed by atoms with Crippen molar-refractivity contribution in [3.63, 3.8) is 0 Å².